The van der Waals surface area contributed by atoms with Crippen LogP contribution in [0.1, 0.15) is 29.4 Å². The number of amides is 1. The molecule has 0 bridgehead atoms. The van der Waals surface area contributed by atoms with Crippen LogP contribution in [0.2, 0.25) is 0 Å². The number of aromatic nitrogens is 3. The normalized spacial score (nSPS) is 12.4. The van der Waals surface area contributed by atoms with E-state index in [2.05, 4.69) is 15.4 Å². The standard InChI is InChI=1S/C19H20F2N4O3/c1-11(10-27-2)23-19(26)13-9-22-25-15(17(20)21)8-14(24-18(13)25)12-6-4-5-7-16(12)28-3/h4-9,11,17H,10H2,1-3H3,(H,23,26)/t11-/m1/s1. The van der Waals surface area contributed by atoms with Gasteiger partial charge >= 0.3 is 0 Å². The molecule has 3 rings (SSSR count). The average molecular weight is 390 g/mol. The van der Waals surface area contributed by atoms with E-state index in [4.69, 9.17) is 9.47 Å². The summed E-state index contributed by atoms with van der Waals surface area (Å²) in [5, 5.41) is 6.68. The lowest BCUT2D eigenvalue weighted by Gasteiger charge is -2.13. The van der Waals surface area contributed by atoms with E-state index in [9.17, 15) is 13.6 Å². The number of rotatable bonds is 7. The number of hydrogen-bond acceptors (Lipinski definition) is 5. The third-order valence-corrected chi connectivity index (χ3v) is 4.14. The van der Waals surface area contributed by atoms with Crippen LogP contribution in [0.5, 0.6) is 5.75 Å². The minimum absolute atomic E-state index is 0.0424. The number of fused-ring (bicyclic) bond motifs is 1. The molecule has 0 spiro atoms. The largest absolute Gasteiger partial charge is 0.496 e. The lowest BCUT2D eigenvalue weighted by Crippen LogP contribution is -2.35. The molecule has 1 N–H and O–H groups in total. The highest BCUT2D eigenvalue weighted by molar-refractivity contribution is 6.00. The number of benzene rings is 1. The molecule has 0 aliphatic heterocycles. The van der Waals surface area contributed by atoms with Crippen molar-refractivity contribution in [2.45, 2.75) is 19.4 Å². The van der Waals surface area contributed by atoms with Gasteiger partial charge in [0.2, 0.25) is 0 Å². The van der Waals surface area contributed by atoms with Gasteiger partial charge in [0.05, 0.1) is 25.6 Å². The Hall–Kier alpha value is -3.07. The third kappa shape index (κ3) is 3.79. The first kappa shape index (κ1) is 19.7. The summed E-state index contributed by atoms with van der Waals surface area (Å²) in [6.45, 7) is 2.08. The lowest BCUT2D eigenvalue weighted by atomic mass is 10.1. The van der Waals surface area contributed by atoms with Crippen LogP contribution in [-0.2, 0) is 4.74 Å². The van der Waals surface area contributed by atoms with Crippen LogP contribution in [0.4, 0.5) is 8.78 Å². The summed E-state index contributed by atoms with van der Waals surface area (Å²) in [5.74, 6) is 0.0169. The van der Waals surface area contributed by atoms with Crippen LogP contribution in [0, 0.1) is 0 Å². The first-order valence-corrected chi connectivity index (χ1v) is 8.56. The predicted molar refractivity (Wildman–Crippen MR) is 98.7 cm³/mol. The Balaban J connectivity index is 2.14. The molecule has 0 fully saturated rings. The smallest absolute Gasteiger partial charge is 0.280 e. The monoisotopic (exact) mass is 390 g/mol. The zero-order valence-electron chi connectivity index (χ0n) is 15.6. The quantitative estimate of drug-likeness (QED) is 0.671. The fraction of sp³-hybridized carbons (Fsp3) is 0.316. The van der Waals surface area contributed by atoms with Crippen LogP contribution in [0.25, 0.3) is 16.9 Å². The summed E-state index contributed by atoms with van der Waals surface area (Å²) in [4.78, 5) is 17.0. The Morgan fingerprint density at radius 2 is 2.04 bits per heavy atom. The maximum atomic E-state index is 13.7. The van der Waals surface area contributed by atoms with Crippen molar-refractivity contribution >= 4 is 11.6 Å². The summed E-state index contributed by atoms with van der Waals surface area (Å²) < 4.78 is 38.6. The van der Waals surface area contributed by atoms with Crippen LogP contribution in [0.15, 0.2) is 36.5 Å². The number of alkyl halides is 2. The SMILES string of the molecule is COC[C@@H](C)NC(=O)c1cnn2c(C(F)F)cc(-c3ccccc3OC)nc12. The number of methoxy groups -OCH3 is 2. The molecule has 0 radical (unpaired) electrons. The van der Waals surface area contributed by atoms with Crippen LogP contribution in [-0.4, -0.2) is 47.4 Å². The summed E-state index contributed by atoms with van der Waals surface area (Å²) >= 11 is 0. The molecule has 7 nitrogen and oxygen atoms in total. The Morgan fingerprint density at radius 3 is 2.71 bits per heavy atom. The van der Waals surface area contributed by atoms with Crippen molar-refractivity contribution in [2.24, 2.45) is 0 Å². The second-order valence-electron chi connectivity index (χ2n) is 6.19. The van der Waals surface area contributed by atoms with Crippen molar-refractivity contribution in [1.29, 1.82) is 0 Å². The van der Waals surface area contributed by atoms with Gasteiger partial charge in [0.25, 0.3) is 12.3 Å². The zero-order chi connectivity index (χ0) is 20.3. The van der Waals surface area contributed by atoms with Gasteiger partial charge in [-0.25, -0.2) is 18.3 Å². The zero-order valence-corrected chi connectivity index (χ0v) is 15.6. The molecule has 3 aromatic rings. The Bertz CT molecular complexity index is 990. The average Bonchev–Trinajstić information content (AvgIpc) is 3.11. The van der Waals surface area contributed by atoms with Gasteiger partial charge in [0.1, 0.15) is 17.0 Å². The van der Waals surface area contributed by atoms with Gasteiger partial charge < -0.3 is 14.8 Å². The molecule has 9 heteroatoms. The fourth-order valence-corrected chi connectivity index (χ4v) is 2.89. The molecular formula is C19H20F2N4O3. The number of carbonyl (C=O) groups excluding carboxylic acids is 1. The molecule has 0 saturated carbocycles. The van der Waals surface area contributed by atoms with E-state index >= 15 is 0 Å². The van der Waals surface area contributed by atoms with E-state index in [1.165, 1.54) is 26.5 Å². The van der Waals surface area contributed by atoms with E-state index in [1.807, 2.05) is 0 Å². The highest BCUT2D eigenvalue weighted by Crippen LogP contribution is 2.32. The van der Waals surface area contributed by atoms with Crippen LogP contribution < -0.4 is 10.1 Å². The minimum Gasteiger partial charge on any atom is -0.496 e. The second-order valence-corrected chi connectivity index (χ2v) is 6.19. The number of ether oxygens (including phenoxy) is 2. The fourth-order valence-electron chi connectivity index (χ4n) is 2.89. The number of hydrogen-bond donors (Lipinski definition) is 1. The second kappa shape index (κ2) is 8.30. The topological polar surface area (TPSA) is 77.8 Å². The molecule has 28 heavy (non-hydrogen) atoms. The van der Waals surface area contributed by atoms with Crippen molar-refractivity contribution in [3.8, 4) is 17.0 Å². The number of halogens is 2. The van der Waals surface area contributed by atoms with E-state index in [0.29, 0.717) is 17.9 Å². The molecule has 2 heterocycles. The predicted octanol–water partition coefficient (Wildman–Crippen LogP) is 3.11. The minimum atomic E-state index is -2.80. The van der Waals surface area contributed by atoms with Crippen LogP contribution >= 0.6 is 0 Å². The van der Waals surface area contributed by atoms with Gasteiger partial charge in [-0.1, -0.05) is 12.1 Å². The molecule has 148 valence electrons. The van der Waals surface area contributed by atoms with E-state index in [1.54, 1.807) is 31.2 Å². The number of nitrogens with one attached hydrogen (secondary N) is 1. The number of nitrogens with zero attached hydrogens (tertiary/aromatic N) is 3. The van der Waals surface area contributed by atoms with Crippen molar-refractivity contribution in [3.05, 3.63) is 47.8 Å². The Morgan fingerprint density at radius 1 is 1.29 bits per heavy atom. The first-order valence-electron chi connectivity index (χ1n) is 8.56. The van der Waals surface area contributed by atoms with Crippen molar-refractivity contribution in [1.82, 2.24) is 19.9 Å². The highest BCUT2D eigenvalue weighted by Gasteiger charge is 2.23. The van der Waals surface area contributed by atoms with E-state index in [-0.39, 0.29) is 28.6 Å². The van der Waals surface area contributed by atoms with E-state index in [0.717, 1.165) is 4.52 Å². The van der Waals surface area contributed by atoms with Gasteiger partial charge in [-0.3, -0.25) is 4.79 Å². The van der Waals surface area contributed by atoms with Gasteiger partial charge in [0, 0.05) is 18.7 Å². The van der Waals surface area contributed by atoms with E-state index < -0.39 is 12.3 Å². The van der Waals surface area contributed by atoms with Crippen molar-refractivity contribution in [2.75, 3.05) is 20.8 Å². The number of para-hydroxylation sites is 1. The summed E-state index contributed by atoms with van der Waals surface area (Å²) in [7, 11) is 3.01. The first-order chi connectivity index (χ1) is 13.5. The third-order valence-electron chi connectivity index (χ3n) is 4.14. The lowest BCUT2D eigenvalue weighted by molar-refractivity contribution is 0.0907. The molecule has 0 aliphatic carbocycles. The molecular weight excluding hydrogens is 370 g/mol. The molecule has 1 aromatic carbocycles. The molecule has 0 unspecified atom stereocenters. The summed E-state index contributed by atoms with van der Waals surface area (Å²) in [6, 6.07) is 7.92. The van der Waals surface area contributed by atoms with Crippen molar-refractivity contribution in [3.63, 3.8) is 0 Å². The molecule has 0 aliphatic rings. The molecule has 1 atom stereocenters. The maximum Gasteiger partial charge on any atom is 0.280 e. The Labute approximate surface area is 160 Å². The summed E-state index contributed by atoms with van der Waals surface area (Å²) in [6.07, 6.45) is -1.57. The van der Waals surface area contributed by atoms with Gasteiger partial charge in [-0.2, -0.15) is 5.10 Å². The summed E-state index contributed by atoms with van der Waals surface area (Å²) in [5.41, 5.74) is 0.576. The maximum absolute atomic E-state index is 13.7. The molecule has 1 amide bonds. The van der Waals surface area contributed by atoms with Gasteiger partial charge in [0.15, 0.2) is 5.65 Å². The van der Waals surface area contributed by atoms with Gasteiger partial charge in [-0.15, -0.1) is 0 Å². The Kier molecular flexibility index (Phi) is 5.84. The molecule has 0 saturated heterocycles. The van der Waals surface area contributed by atoms with Gasteiger partial charge in [-0.05, 0) is 25.1 Å². The van der Waals surface area contributed by atoms with Crippen molar-refractivity contribution < 1.29 is 23.0 Å². The number of carbonyl (C=O) groups is 1. The molecule has 2 aromatic heterocycles. The highest BCUT2D eigenvalue weighted by atomic mass is 19.3. The van der Waals surface area contributed by atoms with Crippen LogP contribution in [0.3, 0.4) is 0 Å².